The van der Waals surface area contributed by atoms with E-state index in [1.807, 2.05) is 30.3 Å². The number of primary sulfonamides is 1. The Morgan fingerprint density at radius 1 is 0.964 bits per heavy atom. The van der Waals surface area contributed by atoms with Crippen molar-refractivity contribution in [1.82, 2.24) is 0 Å². The zero-order chi connectivity index (χ0) is 20.1. The third-order valence-corrected chi connectivity index (χ3v) is 5.50. The van der Waals surface area contributed by atoms with E-state index in [2.05, 4.69) is 5.32 Å². The van der Waals surface area contributed by atoms with E-state index in [-0.39, 0.29) is 4.90 Å². The number of nitrogens with one attached hydrogen (secondary N) is 1. The number of hydrogen-bond donors (Lipinski definition) is 2. The minimum Gasteiger partial charge on any atom is -0.489 e. The van der Waals surface area contributed by atoms with Crippen LogP contribution in [0.5, 0.6) is 5.75 Å². The first-order valence-corrected chi connectivity index (χ1v) is 10.6. The molecule has 3 aromatic rings. The molecule has 0 aliphatic heterocycles. The lowest BCUT2D eigenvalue weighted by Crippen LogP contribution is -2.12. The van der Waals surface area contributed by atoms with E-state index in [4.69, 9.17) is 33.1 Å². The van der Waals surface area contributed by atoms with Crippen molar-refractivity contribution >= 4 is 38.9 Å². The zero-order valence-corrected chi connectivity index (χ0v) is 17.1. The van der Waals surface area contributed by atoms with E-state index in [1.54, 1.807) is 24.3 Å². The number of sulfonamides is 1. The van der Waals surface area contributed by atoms with Crippen LogP contribution in [0.15, 0.2) is 71.6 Å². The average Bonchev–Trinajstić information content (AvgIpc) is 2.66. The number of hydrogen-bond acceptors (Lipinski definition) is 4. The third-order valence-electron chi connectivity index (χ3n) is 3.99. The minimum atomic E-state index is -3.69. The zero-order valence-electron chi connectivity index (χ0n) is 14.7. The van der Waals surface area contributed by atoms with E-state index in [9.17, 15) is 8.42 Å². The summed E-state index contributed by atoms with van der Waals surface area (Å²) >= 11 is 12.1. The first-order chi connectivity index (χ1) is 13.3. The number of rotatable bonds is 7. The molecule has 0 atom stereocenters. The first-order valence-electron chi connectivity index (χ1n) is 8.34. The Balaban J connectivity index is 1.60. The summed E-state index contributed by atoms with van der Waals surface area (Å²) in [6.07, 6.45) is 0. The van der Waals surface area contributed by atoms with Crippen LogP contribution in [0.25, 0.3) is 0 Å². The van der Waals surface area contributed by atoms with Gasteiger partial charge in [-0.2, -0.15) is 0 Å². The Morgan fingerprint density at radius 3 is 2.39 bits per heavy atom. The SMILES string of the molecule is NS(=O)(=O)c1ccc(NCc2cccc(OCc3ccc(Cl)cc3Cl)c2)cc1. The van der Waals surface area contributed by atoms with Gasteiger partial charge in [0.05, 0.1) is 4.90 Å². The Labute approximate surface area is 174 Å². The maximum absolute atomic E-state index is 11.3. The van der Waals surface area contributed by atoms with Gasteiger partial charge in [0, 0.05) is 27.8 Å². The van der Waals surface area contributed by atoms with Gasteiger partial charge in [-0.1, -0.05) is 41.4 Å². The standard InChI is InChI=1S/C20H18Cl2N2O3S/c21-16-5-4-15(20(22)11-16)13-27-18-3-1-2-14(10-18)12-24-17-6-8-19(9-7-17)28(23,25)26/h1-11,24H,12-13H2,(H2,23,25,26). The predicted molar refractivity (Wildman–Crippen MR) is 112 cm³/mol. The molecule has 0 aliphatic carbocycles. The second-order valence-corrected chi connectivity index (χ2v) is 8.50. The molecule has 0 bridgehead atoms. The second-order valence-electron chi connectivity index (χ2n) is 6.09. The van der Waals surface area contributed by atoms with Crippen LogP contribution in [0.4, 0.5) is 5.69 Å². The largest absolute Gasteiger partial charge is 0.489 e. The Bertz CT molecular complexity index is 1070. The van der Waals surface area contributed by atoms with Crippen molar-refractivity contribution in [1.29, 1.82) is 0 Å². The van der Waals surface area contributed by atoms with Crippen LogP contribution in [-0.2, 0) is 23.2 Å². The fourth-order valence-corrected chi connectivity index (χ4v) is 3.49. The van der Waals surface area contributed by atoms with Crippen LogP contribution in [0.2, 0.25) is 10.0 Å². The predicted octanol–water partition coefficient (Wildman–Crippen LogP) is 4.83. The van der Waals surface area contributed by atoms with Crippen molar-refractivity contribution in [2.24, 2.45) is 5.14 Å². The van der Waals surface area contributed by atoms with E-state index in [1.165, 1.54) is 12.1 Å². The van der Waals surface area contributed by atoms with Gasteiger partial charge in [-0.15, -0.1) is 0 Å². The second kappa shape index (κ2) is 8.84. The molecule has 0 fully saturated rings. The Morgan fingerprint density at radius 2 is 1.71 bits per heavy atom. The van der Waals surface area contributed by atoms with Crippen molar-refractivity contribution in [3.8, 4) is 5.75 Å². The average molecular weight is 437 g/mol. The molecule has 0 heterocycles. The molecule has 3 aromatic carbocycles. The molecule has 0 saturated carbocycles. The molecule has 0 saturated heterocycles. The maximum Gasteiger partial charge on any atom is 0.238 e. The Kier molecular flexibility index (Phi) is 6.46. The molecule has 3 N–H and O–H groups in total. The van der Waals surface area contributed by atoms with Crippen LogP contribution >= 0.6 is 23.2 Å². The normalized spacial score (nSPS) is 11.2. The summed E-state index contributed by atoms with van der Waals surface area (Å²) in [6.45, 7) is 0.884. The molecule has 0 aliphatic rings. The van der Waals surface area contributed by atoms with E-state index in [0.29, 0.717) is 23.2 Å². The molecule has 146 valence electrons. The molecule has 5 nitrogen and oxygen atoms in total. The highest BCUT2D eigenvalue weighted by Crippen LogP contribution is 2.23. The summed E-state index contributed by atoms with van der Waals surface area (Å²) in [6, 6.07) is 19.2. The molecule has 28 heavy (non-hydrogen) atoms. The van der Waals surface area contributed by atoms with E-state index < -0.39 is 10.0 Å². The topological polar surface area (TPSA) is 81.4 Å². The van der Waals surface area contributed by atoms with Crippen LogP contribution < -0.4 is 15.2 Å². The van der Waals surface area contributed by atoms with E-state index in [0.717, 1.165) is 22.6 Å². The molecular formula is C20H18Cl2N2O3S. The van der Waals surface area contributed by atoms with E-state index >= 15 is 0 Å². The number of halogens is 2. The summed E-state index contributed by atoms with van der Waals surface area (Å²) in [5.74, 6) is 0.717. The van der Waals surface area contributed by atoms with Gasteiger partial charge in [0.1, 0.15) is 12.4 Å². The number of anilines is 1. The van der Waals surface area contributed by atoms with Crippen LogP contribution in [-0.4, -0.2) is 8.42 Å². The van der Waals surface area contributed by atoms with Crippen LogP contribution in [0.1, 0.15) is 11.1 Å². The van der Waals surface area contributed by atoms with Crippen molar-refractivity contribution in [2.45, 2.75) is 18.0 Å². The first kappa shape index (κ1) is 20.5. The van der Waals surface area contributed by atoms with Crippen LogP contribution in [0.3, 0.4) is 0 Å². The highest BCUT2D eigenvalue weighted by atomic mass is 35.5. The molecule has 0 amide bonds. The summed E-state index contributed by atoms with van der Waals surface area (Å²) in [7, 11) is -3.69. The van der Waals surface area contributed by atoms with Crippen molar-refractivity contribution < 1.29 is 13.2 Å². The molecule has 0 spiro atoms. The maximum atomic E-state index is 11.3. The number of ether oxygens (including phenoxy) is 1. The third kappa shape index (κ3) is 5.62. The van der Waals surface area contributed by atoms with Gasteiger partial charge in [-0.05, 0) is 54.1 Å². The molecule has 0 aromatic heterocycles. The smallest absolute Gasteiger partial charge is 0.238 e. The highest BCUT2D eigenvalue weighted by Gasteiger charge is 2.07. The molecular weight excluding hydrogens is 419 g/mol. The Hall–Kier alpha value is -2.25. The van der Waals surface area contributed by atoms with Crippen LogP contribution in [0, 0.1) is 0 Å². The van der Waals surface area contributed by atoms with Crippen molar-refractivity contribution in [2.75, 3.05) is 5.32 Å². The van der Waals surface area contributed by atoms with Gasteiger partial charge >= 0.3 is 0 Å². The fourth-order valence-electron chi connectivity index (χ4n) is 2.51. The quantitative estimate of drug-likeness (QED) is 0.555. The fraction of sp³-hybridized carbons (Fsp3) is 0.100. The minimum absolute atomic E-state index is 0.0781. The lowest BCUT2D eigenvalue weighted by atomic mass is 10.2. The highest BCUT2D eigenvalue weighted by molar-refractivity contribution is 7.89. The number of benzene rings is 3. The van der Waals surface area contributed by atoms with Gasteiger partial charge in [0.15, 0.2) is 0 Å². The van der Waals surface area contributed by atoms with Gasteiger partial charge in [-0.25, -0.2) is 13.6 Å². The van der Waals surface area contributed by atoms with Gasteiger partial charge in [0.2, 0.25) is 10.0 Å². The monoisotopic (exact) mass is 436 g/mol. The molecule has 3 rings (SSSR count). The lowest BCUT2D eigenvalue weighted by molar-refractivity contribution is 0.306. The van der Waals surface area contributed by atoms with Gasteiger partial charge in [0.25, 0.3) is 0 Å². The molecule has 8 heteroatoms. The van der Waals surface area contributed by atoms with Crippen molar-refractivity contribution in [3.05, 3.63) is 87.9 Å². The van der Waals surface area contributed by atoms with Crippen molar-refractivity contribution in [3.63, 3.8) is 0 Å². The number of nitrogens with two attached hydrogens (primary N) is 1. The molecule has 0 radical (unpaired) electrons. The summed E-state index contributed by atoms with van der Waals surface area (Å²) in [5.41, 5.74) is 2.64. The van der Waals surface area contributed by atoms with Gasteiger partial charge < -0.3 is 10.1 Å². The summed E-state index contributed by atoms with van der Waals surface area (Å²) in [5, 5.41) is 9.47. The van der Waals surface area contributed by atoms with Gasteiger partial charge in [-0.3, -0.25) is 0 Å². The summed E-state index contributed by atoms with van der Waals surface area (Å²) in [4.78, 5) is 0.0781. The lowest BCUT2D eigenvalue weighted by Gasteiger charge is -2.11. The molecule has 0 unspecified atom stereocenters. The summed E-state index contributed by atoms with van der Waals surface area (Å²) < 4.78 is 28.4.